The molecule has 1 N–H and O–H groups in total. The lowest BCUT2D eigenvalue weighted by Gasteiger charge is -2.44. The predicted octanol–water partition coefficient (Wildman–Crippen LogP) is 3.00. The summed E-state index contributed by atoms with van der Waals surface area (Å²) in [7, 11) is 2.34. The van der Waals surface area contributed by atoms with E-state index >= 15 is 0 Å². The lowest BCUT2D eigenvalue weighted by molar-refractivity contribution is 0.0872. The van der Waals surface area contributed by atoms with Gasteiger partial charge in [0.05, 0.1) is 0 Å². The minimum atomic E-state index is 0.815. The van der Waals surface area contributed by atoms with E-state index in [1.54, 1.807) is 0 Å². The Balaban J connectivity index is 1.56. The lowest BCUT2D eigenvalue weighted by atomic mass is 9.76. The standard InChI is InChI=1S/C18H28N2/c1-14-5-3-4-6-15(14)10-12-20(2)18-8-7-17-13-16(18)9-11-19-17/h3-6,16-19H,7-13H2,1-2H3. The van der Waals surface area contributed by atoms with Crippen molar-refractivity contribution in [2.24, 2.45) is 5.92 Å². The van der Waals surface area contributed by atoms with E-state index in [0.29, 0.717) is 0 Å². The summed E-state index contributed by atoms with van der Waals surface area (Å²) in [6.07, 6.45) is 6.71. The van der Waals surface area contributed by atoms with Gasteiger partial charge in [-0.1, -0.05) is 24.3 Å². The van der Waals surface area contributed by atoms with Crippen molar-refractivity contribution in [1.29, 1.82) is 0 Å². The smallest absolute Gasteiger partial charge is 0.0122 e. The van der Waals surface area contributed by atoms with Crippen LogP contribution in [-0.4, -0.2) is 37.1 Å². The highest BCUT2D eigenvalue weighted by molar-refractivity contribution is 5.25. The van der Waals surface area contributed by atoms with Crippen molar-refractivity contribution in [3.8, 4) is 0 Å². The molecule has 3 rings (SSSR count). The van der Waals surface area contributed by atoms with E-state index in [4.69, 9.17) is 0 Å². The van der Waals surface area contributed by atoms with Gasteiger partial charge in [0.15, 0.2) is 0 Å². The molecule has 3 atom stereocenters. The van der Waals surface area contributed by atoms with Crippen LogP contribution in [0.15, 0.2) is 24.3 Å². The summed E-state index contributed by atoms with van der Waals surface area (Å²) in [5.74, 6) is 0.928. The third kappa shape index (κ3) is 3.07. The van der Waals surface area contributed by atoms with Crippen LogP contribution in [0.25, 0.3) is 0 Å². The monoisotopic (exact) mass is 272 g/mol. The van der Waals surface area contributed by atoms with E-state index in [0.717, 1.165) is 18.0 Å². The topological polar surface area (TPSA) is 15.3 Å². The molecule has 0 spiro atoms. The zero-order chi connectivity index (χ0) is 13.9. The molecule has 2 nitrogen and oxygen atoms in total. The summed E-state index contributed by atoms with van der Waals surface area (Å²) in [6, 6.07) is 10.4. The van der Waals surface area contributed by atoms with Gasteiger partial charge in [0, 0.05) is 18.6 Å². The summed E-state index contributed by atoms with van der Waals surface area (Å²) in [6.45, 7) is 4.66. The molecule has 2 fully saturated rings. The maximum absolute atomic E-state index is 3.66. The predicted molar refractivity (Wildman–Crippen MR) is 85.0 cm³/mol. The first kappa shape index (κ1) is 14.1. The van der Waals surface area contributed by atoms with Gasteiger partial charge < -0.3 is 10.2 Å². The van der Waals surface area contributed by atoms with Crippen molar-refractivity contribution in [3.05, 3.63) is 35.4 Å². The Bertz CT molecular complexity index is 443. The molecule has 0 amide bonds. The fourth-order valence-corrected chi connectivity index (χ4v) is 4.15. The zero-order valence-electron chi connectivity index (χ0n) is 12.9. The van der Waals surface area contributed by atoms with Gasteiger partial charge in [0.1, 0.15) is 0 Å². The second-order valence-corrected chi connectivity index (χ2v) is 6.74. The Hall–Kier alpha value is -0.860. The third-order valence-electron chi connectivity index (χ3n) is 5.45. The second-order valence-electron chi connectivity index (χ2n) is 6.74. The molecule has 1 heterocycles. The molecule has 1 aromatic rings. The quantitative estimate of drug-likeness (QED) is 0.906. The molecule has 0 radical (unpaired) electrons. The molecule has 3 unspecified atom stereocenters. The molecule has 1 aliphatic heterocycles. The molecular weight excluding hydrogens is 244 g/mol. The maximum Gasteiger partial charge on any atom is 0.0122 e. The van der Waals surface area contributed by atoms with Gasteiger partial charge in [0.2, 0.25) is 0 Å². The largest absolute Gasteiger partial charge is 0.314 e. The number of hydrogen-bond donors (Lipinski definition) is 1. The van der Waals surface area contributed by atoms with E-state index < -0.39 is 0 Å². The molecule has 1 aliphatic carbocycles. The summed E-state index contributed by atoms with van der Waals surface area (Å²) >= 11 is 0. The van der Waals surface area contributed by atoms with Crippen LogP contribution in [0, 0.1) is 12.8 Å². The van der Waals surface area contributed by atoms with E-state index in [1.807, 2.05) is 0 Å². The van der Waals surface area contributed by atoms with Gasteiger partial charge in [0.25, 0.3) is 0 Å². The van der Waals surface area contributed by atoms with Crippen molar-refractivity contribution >= 4 is 0 Å². The first-order valence-corrected chi connectivity index (χ1v) is 8.22. The van der Waals surface area contributed by atoms with Gasteiger partial charge in [-0.05, 0) is 69.7 Å². The zero-order valence-corrected chi connectivity index (χ0v) is 12.9. The number of piperidine rings is 1. The highest BCUT2D eigenvalue weighted by Gasteiger charge is 2.34. The molecule has 1 saturated heterocycles. The fraction of sp³-hybridized carbons (Fsp3) is 0.667. The summed E-state index contributed by atoms with van der Waals surface area (Å²) in [5.41, 5.74) is 2.95. The van der Waals surface area contributed by atoms with Crippen molar-refractivity contribution in [3.63, 3.8) is 0 Å². The molecule has 2 aliphatic rings. The van der Waals surface area contributed by atoms with Crippen molar-refractivity contribution in [2.75, 3.05) is 20.1 Å². The van der Waals surface area contributed by atoms with Gasteiger partial charge in [-0.25, -0.2) is 0 Å². The fourth-order valence-electron chi connectivity index (χ4n) is 4.15. The van der Waals surface area contributed by atoms with Gasteiger partial charge in [-0.2, -0.15) is 0 Å². The number of likely N-dealkylation sites (N-methyl/N-ethyl adjacent to an activating group) is 1. The number of rotatable bonds is 4. The van der Waals surface area contributed by atoms with E-state index in [1.165, 1.54) is 56.3 Å². The number of fused-ring (bicyclic) bond motifs is 2. The summed E-state index contributed by atoms with van der Waals surface area (Å²) in [4.78, 5) is 2.64. The number of benzene rings is 1. The summed E-state index contributed by atoms with van der Waals surface area (Å²) < 4.78 is 0. The Morgan fingerprint density at radius 3 is 2.90 bits per heavy atom. The molecule has 2 bridgehead atoms. The number of nitrogens with zero attached hydrogens (tertiary/aromatic N) is 1. The Morgan fingerprint density at radius 1 is 1.20 bits per heavy atom. The van der Waals surface area contributed by atoms with Gasteiger partial charge >= 0.3 is 0 Å². The first-order chi connectivity index (χ1) is 9.74. The van der Waals surface area contributed by atoms with Crippen LogP contribution < -0.4 is 5.32 Å². The molecule has 20 heavy (non-hydrogen) atoms. The molecule has 1 aromatic carbocycles. The van der Waals surface area contributed by atoms with E-state index in [2.05, 4.69) is 48.5 Å². The number of nitrogens with one attached hydrogen (secondary N) is 1. The SMILES string of the molecule is Cc1ccccc1CCN(C)C1CCC2CC1CCN2. The second kappa shape index (κ2) is 6.28. The third-order valence-corrected chi connectivity index (χ3v) is 5.45. The highest BCUT2D eigenvalue weighted by atomic mass is 15.1. The Morgan fingerprint density at radius 2 is 2.05 bits per heavy atom. The lowest BCUT2D eigenvalue weighted by Crippen LogP contribution is -2.51. The Labute approximate surface area is 123 Å². The van der Waals surface area contributed by atoms with Crippen LogP contribution in [0.4, 0.5) is 0 Å². The van der Waals surface area contributed by atoms with Crippen LogP contribution in [0.1, 0.15) is 36.8 Å². The number of hydrogen-bond acceptors (Lipinski definition) is 2. The minimum Gasteiger partial charge on any atom is -0.314 e. The molecule has 0 aromatic heterocycles. The highest BCUT2D eigenvalue weighted by Crippen LogP contribution is 2.33. The van der Waals surface area contributed by atoms with Crippen molar-refractivity contribution in [1.82, 2.24) is 10.2 Å². The average Bonchev–Trinajstić information content (AvgIpc) is 2.46. The van der Waals surface area contributed by atoms with Crippen LogP contribution in [0.3, 0.4) is 0 Å². The van der Waals surface area contributed by atoms with Crippen molar-refractivity contribution < 1.29 is 0 Å². The van der Waals surface area contributed by atoms with Crippen LogP contribution in [-0.2, 0) is 6.42 Å². The van der Waals surface area contributed by atoms with Gasteiger partial charge in [-0.3, -0.25) is 0 Å². The van der Waals surface area contributed by atoms with E-state index in [9.17, 15) is 0 Å². The van der Waals surface area contributed by atoms with Crippen LogP contribution in [0.5, 0.6) is 0 Å². The summed E-state index contributed by atoms with van der Waals surface area (Å²) in [5, 5.41) is 3.66. The first-order valence-electron chi connectivity index (χ1n) is 8.22. The molecule has 2 heteroatoms. The minimum absolute atomic E-state index is 0.815. The van der Waals surface area contributed by atoms with Crippen molar-refractivity contribution in [2.45, 2.75) is 51.1 Å². The van der Waals surface area contributed by atoms with Gasteiger partial charge in [-0.15, -0.1) is 0 Å². The number of aryl methyl sites for hydroxylation is 1. The molecule has 1 saturated carbocycles. The van der Waals surface area contributed by atoms with Crippen LogP contribution in [0.2, 0.25) is 0 Å². The van der Waals surface area contributed by atoms with Crippen LogP contribution >= 0.6 is 0 Å². The average molecular weight is 272 g/mol. The maximum atomic E-state index is 3.66. The molecular formula is C18H28N2. The normalized spacial score (nSPS) is 29.6. The molecule has 110 valence electrons. The van der Waals surface area contributed by atoms with E-state index in [-0.39, 0.29) is 0 Å². The Kier molecular flexibility index (Phi) is 4.42.